The van der Waals surface area contributed by atoms with Crippen LogP contribution in [-0.4, -0.2) is 79.9 Å². The second-order valence-electron chi connectivity index (χ2n) is 7.99. The molecular weight excluding hydrogens is 466 g/mol. The van der Waals surface area contributed by atoms with Gasteiger partial charge in [0.2, 0.25) is 23.6 Å². The molecule has 1 aromatic heterocycles. The number of nitrogens with two attached hydrogens (primary N) is 2. The molecule has 15 heteroatoms. The molecule has 15 nitrogen and oxygen atoms in total. The van der Waals surface area contributed by atoms with Crippen LogP contribution in [0.2, 0.25) is 0 Å². The van der Waals surface area contributed by atoms with E-state index >= 15 is 0 Å². The Morgan fingerprint density at radius 2 is 1.63 bits per heavy atom. The highest BCUT2D eigenvalue weighted by Gasteiger charge is 2.33. The van der Waals surface area contributed by atoms with E-state index in [1.807, 2.05) is 0 Å². The molecule has 5 atom stereocenters. The zero-order chi connectivity index (χ0) is 26.7. The monoisotopic (exact) mass is 497 g/mol. The molecule has 10 N–H and O–H groups in total. The zero-order valence-electron chi connectivity index (χ0n) is 19.3. The predicted molar refractivity (Wildman–Crippen MR) is 119 cm³/mol. The van der Waals surface area contributed by atoms with E-state index < -0.39 is 78.5 Å². The summed E-state index contributed by atoms with van der Waals surface area (Å²) in [6.45, 7) is 3.38. The van der Waals surface area contributed by atoms with Gasteiger partial charge in [-0.2, -0.15) is 0 Å². The lowest BCUT2D eigenvalue weighted by molar-refractivity contribution is -0.142. The van der Waals surface area contributed by atoms with Crippen molar-refractivity contribution in [1.82, 2.24) is 25.9 Å². The van der Waals surface area contributed by atoms with E-state index in [1.165, 1.54) is 12.5 Å². The van der Waals surface area contributed by atoms with Gasteiger partial charge < -0.3 is 42.6 Å². The zero-order valence-corrected chi connectivity index (χ0v) is 19.3. The molecule has 35 heavy (non-hydrogen) atoms. The maximum Gasteiger partial charge on any atom is 0.326 e. The first-order valence-corrected chi connectivity index (χ1v) is 10.7. The molecular formula is C20H31N7O8. The molecule has 0 radical (unpaired) electrons. The minimum atomic E-state index is -1.54. The fourth-order valence-corrected chi connectivity index (χ4v) is 3.00. The van der Waals surface area contributed by atoms with Crippen molar-refractivity contribution in [3.63, 3.8) is 0 Å². The van der Waals surface area contributed by atoms with Crippen LogP contribution in [0.15, 0.2) is 12.5 Å². The number of nitrogens with zero attached hydrogens (tertiary/aromatic N) is 1. The first kappa shape index (κ1) is 29.0. The highest BCUT2D eigenvalue weighted by Crippen LogP contribution is 2.10. The summed E-state index contributed by atoms with van der Waals surface area (Å²) >= 11 is 0. The first-order chi connectivity index (χ1) is 16.3. The van der Waals surface area contributed by atoms with Crippen LogP contribution in [0.4, 0.5) is 0 Å². The van der Waals surface area contributed by atoms with E-state index in [0.717, 1.165) is 0 Å². The Bertz CT molecular complexity index is 921. The van der Waals surface area contributed by atoms with Crippen molar-refractivity contribution in [3.8, 4) is 0 Å². The average molecular weight is 498 g/mol. The first-order valence-electron chi connectivity index (χ1n) is 10.7. The van der Waals surface area contributed by atoms with E-state index in [4.69, 9.17) is 16.6 Å². The van der Waals surface area contributed by atoms with Gasteiger partial charge in [-0.3, -0.25) is 24.0 Å². The number of carbonyl (C=O) groups is 6. The van der Waals surface area contributed by atoms with E-state index in [2.05, 4.69) is 25.9 Å². The number of aromatic amines is 1. The van der Waals surface area contributed by atoms with Gasteiger partial charge in [-0.1, -0.05) is 20.3 Å². The molecule has 4 amide bonds. The molecule has 1 aromatic rings. The van der Waals surface area contributed by atoms with Gasteiger partial charge in [0.1, 0.15) is 18.1 Å². The fourth-order valence-electron chi connectivity index (χ4n) is 3.00. The smallest absolute Gasteiger partial charge is 0.326 e. The minimum Gasteiger partial charge on any atom is -0.481 e. The Labute approximate surface area is 200 Å². The molecule has 194 valence electrons. The fraction of sp³-hybridized carbons (Fsp3) is 0.550. The lowest BCUT2D eigenvalue weighted by Gasteiger charge is -2.27. The van der Waals surface area contributed by atoms with E-state index in [1.54, 1.807) is 13.8 Å². The quantitative estimate of drug-likeness (QED) is 0.123. The third-order valence-electron chi connectivity index (χ3n) is 5.16. The van der Waals surface area contributed by atoms with Crippen LogP contribution in [-0.2, 0) is 35.2 Å². The maximum atomic E-state index is 12.9. The van der Waals surface area contributed by atoms with Crippen LogP contribution in [0.5, 0.6) is 0 Å². The molecule has 5 unspecified atom stereocenters. The van der Waals surface area contributed by atoms with Crippen molar-refractivity contribution >= 4 is 35.6 Å². The lowest BCUT2D eigenvalue weighted by Crippen LogP contribution is -2.59. The third-order valence-corrected chi connectivity index (χ3v) is 5.16. The van der Waals surface area contributed by atoms with E-state index in [0.29, 0.717) is 12.1 Å². The average Bonchev–Trinajstić information content (AvgIpc) is 3.27. The summed E-state index contributed by atoms with van der Waals surface area (Å²) in [7, 11) is 0. The van der Waals surface area contributed by atoms with Crippen molar-refractivity contribution < 1.29 is 39.0 Å². The third kappa shape index (κ3) is 9.79. The van der Waals surface area contributed by atoms with Crippen LogP contribution < -0.4 is 27.4 Å². The molecule has 0 saturated carbocycles. The molecule has 0 fully saturated rings. The minimum absolute atomic E-state index is 0.0932. The van der Waals surface area contributed by atoms with Gasteiger partial charge in [0.15, 0.2) is 0 Å². The number of hydrogen-bond acceptors (Lipinski definition) is 8. The number of imidazole rings is 1. The molecule has 0 saturated heterocycles. The SMILES string of the molecule is CCC(C)C(NC(=O)C(CC(N)=O)NC(=O)C(N)CC(=O)O)C(=O)NC(Cc1cnc[nH]1)C(=O)O. The van der Waals surface area contributed by atoms with Gasteiger partial charge in [-0.25, -0.2) is 9.78 Å². The number of carboxylic acid groups (broad SMARTS) is 2. The van der Waals surface area contributed by atoms with Crippen LogP contribution in [0.3, 0.4) is 0 Å². The highest BCUT2D eigenvalue weighted by molar-refractivity contribution is 5.96. The van der Waals surface area contributed by atoms with Crippen LogP contribution in [0.25, 0.3) is 0 Å². The molecule has 0 aromatic carbocycles. The number of rotatable bonds is 15. The highest BCUT2D eigenvalue weighted by atomic mass is 16.4. The number of amides is 4. The van der Waals surface area contributed by atoms with Gasteiger partial charge >= 0.3 is 11.9 Å². The summed E-state index contributed by atoms with van der Waals surface area (Å²) in [5, 5.41) is 25.2. The van der Waals surface area contributed by atoms with Crippen molar-refractivity contribution in [2.45, 2.75) is 63.7 Å². The van der Waals surface area contributed by atoms with Gasteiger partial charge in [-0.05, 0) is 5.92 Å². The van der Waals surface area contributed by atoms with Crippen molar-refractivity contribution in [3.05, 3.63) is 18.2 Å². The summed E-state index contributed by atoms with van der Waals surface area (Å²) in [6, 6.07) is -5.60. The number of carbonyl (C=O) groups excluding carboxylic acids is 4. The number of nitrogens with one attached hydrogen (secondary N) is 4. The maximum absolute atomic E-state index is 12.9. The Kier molecular flexibility index (Phi) is 11.3. The molecule has 0 aliphatic carbocycles. The van der Waals surface area contributed by atoms with E-state index in [9.17, 15) is 33.9 Å². The number of hydrogen-bond donors (Lipinski definition) is 8. The molecule has 1 rings (SSSR count). The predicted octanol–water partition coefficient (Wildman–Crippen LogP) is -2.79. The molecule has 0 aliphatic heterocycles. The number of aromatic nitrogens is 2. The summed E-state index contributed by atoms with van der Waals surface area (Å²) in [6.07, 6.45) is 1.71. The summed E-state index contributed by atoms with van der Waals surface area (Å²) in [4.78, 5) is 78.4. The van der Waals surface area contributed by atoms with Gasteiger partial charge in [-0.15, -0.1) is 0 Å². The van der Waals surface area contributed by atoms with E-state index in [-0.39, 0.29) is 6.42 Å². The summed E-state index contributed by atoms with van der Waals surface area (Å²) in [5.74, 6) is -6.85. The summed E-state index contributed by atoms with van der Waals surface area (Å²) in [5.41, 5.74) is 11.1. The van der Waals surface area contributed by atoms with Gasteiger partial charge in [0.05, 0.1) is 25.2 Å². The Hall–Kier alpha value is -4.01. The lowest BCUT2D eigenvalue weighted by atomic mass is 9.97. The molecule has 0 bridgehead atoms. The topological polar surface area (TPSA) is 260 Å². The number of primary amides is 1. The van der Waals surface area contributed by atoms with Crippen molar-refractivity contribution in [2.24, 2.45) is 17.4 Å². The second-order valence-corrected chi connectivity index (χ2v) is 7.99. The number of aliphatic carboxylic acids is 2. The molecule has 1 heterocycles. The van der Waals surface area contributed by atoms with Gasteiger partial charge in [0, 0.05) is 18.3 Å². The Morgan fingerprint density at radius 3 is 2.11 bits per heavy atom. The van der Waals surface area contributed by atoms with Gasteiger partial charge in [0.25, 0.3) is 0 Å². The largest absolute Gasteiger partial charge is 0.481 e. The standard InChI is InChI=1S/C20H31N7O8/c1-3-9(2)16(19(33)26-13(20(34)35)4-10-7-23-8-24-10)27-18(32)12(6-14(22)28)25-17(31)11(21)5-15(29)30/h7-9,11-13,16H,3-6,21H2,1-2H3,(H2,22,28)(H,23,24)(H,25,31)(H,26,33)(H,27,32)(H,29,30)(H,34,35). The van der Waals surface area contributed by atoms with Crippen LogP contribution in [0, 0.1) is 5.92 Å². The summed E-state index contributed by atoms with van der Waals surface area (Å²) < 4.78 is 0. The number of H-pyrrole nitrogens is 1. The molecule has 0 spiro atoms. The number of carboxylic acids is 2. The van der Waals surface area contributed by atoms with Crippen molar-refractivity contribution in [1.29, 1.82) is 0 Å². The normalized spacial score (nSPS) is 15.1. The van der Waals surface area contributed by atoms with Crippen LogP contribution >= 0.6 is 0 Å². The Balaban J connectivity index is 3.01. The second kappa shape index (κ2) is 13.6. The molecule has 0 aliphatic rings. The van der Waals surface area contributed by atoms with Crippen molar-refractivity contribution in [2.75, 3.05) is 0 Å². The Morgan fingerprint density at radius 1 is 1.00 bits per heavy atom. The van der Waals surface area contributed by atoms with Crippen LogP contribution in [0.1, 0.15) is 38.8 Å².